The lowest BCUT2D eigenvalue weighted by Gasteiger charge is -2.32. The second-order valence-corrected chi connectivity index (χ2v) is 7.77. The molecule has 0 spiro atoms. The van der Waals surface area contributed by atoms with Gasteiger partial charge in [0.05, 0.1) is 11.3 Å². The molecule has 0 bridgehead atoms. The van der Waals surface area contributed by atoms with Crippen LogP contribution in [-0.4, -0.2) is 47.4 Å². The number of carbonyl (C=O) groups is 3. The van der Waals surface area contributed by atoms with Gasteiger partial charge in [0.15, 0.2) is 0 Å². The van der Waals surface area contributed by atoms with E-state index in [4.69, 9.17) is 0 Å². The van der Waals surface area contributed by atoms with E-state index in [1.54, 1.807) is 4.90 Å². The maximum Gasteiger partial charge on any atom is 0.311 e. The zero-order valence-electron chi connectivity index (χ0n) is 15.4. The maximum absolute atomic E-state index is 12.8. The Morgan fingerprint density at radius 3 is 2.42 bits per heavy atom. The number of likely N-dealkylation sites (tertiary alicyclic amines) is 1. The molecular formula is C20H26N2O4. The number of hydrogen-bond donors (Lipinski definition) is 2. The average molecular weight is 358 g/mol. The molecule has 1 aromatic rings. The van der Waals surface area contributed by atoms with Crippen LogP contribution in [0.5, 0.6) is 0 Å². The number of nitrogens with one attached hydrogen (secondary N) is 1. The van der Waals surface area contributed by atoms with Gasteiger partial charge in [-0.05, 0) is 51.7 Å². The third-order valence-corrected chi connectivity index (χ3v) is 5.46. The molecule has 3 rings (SSSR count). The van der Waals surface area contributed by atoms with Crippen molar-refractivity contribution in [2.24, 2.45) is 11.3 Å². The Morgan fingerprint density at radius 2 is 1.85 bits per heavy atom. The molecule has 2 N–H and O–H groups in total. The molecule has 1 atom stereocenters. The lowest BCUT2D eigenvalue weighted by molar-refractivity contribution is -0.143. The van der Waals surface area contributed by atoms with Crippen LogP contribution in [0.2, 0.25) is 0 Å². The van der Waals surface area contributed by atoms with Gasteiger partial charge in [0.25, 0.3) is 5.91 Å². The van der Waals surface area contributed by atoms with Crippen LogP contribution in [0.25, 0.3) is 0 Å². The van der Waals surface area contributed by atoms with Crippen molar-refractivity contribution in [3.05, 3.63) is 34.9 Å². The van der Waals surface area contributed by atoms with Gasteiger partial charge in [0, 0.05) is 25.2 Å². The predicted molar refractivity (Wildman–Crippen MR) is 96.9 cm³/mol. The third-order valence-electron chi connectivity index (χ3n) is 5.46. The lowest BCUT2D eigenvalue weighted by Crippen LogP contribution is -2.46. The van der Waals surface area contributed by atoms with Gasteiger partial charge in [-0.1, -0.05) is 17.2 Å². The number of carboxylic acids is 1. The van der Waals surface area contributed by atoms with Crippen LogP contribution in [0.3, 0.4) is 0 Å². The Morgan fingerprint density at radius 1 is 1.19 bits per heavy atom. The predicted octanol–water partition coefficient (Wildman–Crippen LogP) is 2.14. The molecule has 140 valence electrons. The Kier molecular flexibility index (Phi) is 5.03. The summed E-state index contributed by atoms with van der Waals surface area (Å²) in [6, 6.07) is 5.78. The van der Waals surface area contributed by atoms with Gasteiger partial charge in [0.1, 0.15) is 0 Å². The molecule has 6 heteroatoms. The molecule has 1 aromatic carbocycles. The zero-order chi connectivity index (χ0) is 18.9. The van der Waals surface area contributed by atoms with E-state index in [1.807, 2.05) is 32.0 Å². The minimum absolute atomic E-state index is 0.0431. The van der Waals surface area contributed by atoms with Crippen LogP contribution in [0.4, 0.5) is 0 Å². The van der Waals surface area contributed by atoms with Gasteiger partial charge in [0.2, 0.25) is 5.91 Å². The van der Waals surface area contributed by atoms with Gasteiger partial charge in [-0.2, -0.15) is 0 Å². The first-order valence-corrected chi connectivity index (χ1v) is 9.19. The van der Waals surface area contributed by atoms with E-state index in [0.29, 0.717) is 31.5 Å². The molecule has 2 fully saturated rings. The molecule has 6 nitrogen and oxygen atoms in total. The maximum atomic E-state index is 12.8. The van der Waals surface area contributed by atoms with E-state index >= 15 is 0 Å². The monoisotopic (exact) mass is 358 g/mol. The van der Waals surface area contributed by atoms with E-state index < -0.39 is 11.4 Å². The first-order valence-electron chi connectivity index (χ1n) is 9.19. The normalized spacial score (nSPS) is 21.2. The number of piperidine rings is 1. The summed E-state index contributed by atoms with van der Waals surface area (Å²) >= 11 is 0. The van der Waals surface area contributed by atoms with Crippen LogP contribution in [0.1, 0.15) is 47.2 Å². The second kappa shape index (κ2) is 7.09. The molecule has 2 amide bonds. The highest BCUT2D eigenvalue weighted by Crippen LogP contribution is 2.45. The Balaban J connectivity index is 1.60. The van der Waals surface area contributed by atoms with Crippen molar-refractivity contribution in [1.82, 2.24) is 10.2 Å². The number of hydrogen-bond acceptors (Lipinski definition) is 3. The SMILES string of the molecule is Cc1cc(C)cc(C(=O)N2CCCC(C(=O)NCC3(C(=O)O)CC3)C2)c1. The lowest BCUT2D eigenvalue weighted by atomic mass is 9.95. The van der Waals surface area contributed by atoms with Crippen LogP contribution in [-0.2, 0) is 9.59 Å². The number of aryl methyl sites for hydroxylation is 2. The smallest absolute Gasteiger partial charge is 0.311 e. The Hall–Kier alpha value is -2.37. The number of amides is 2. The fourth-order valence-corrected chi connectivity index (χ4v) is 3.67. The molecule has 1 aliphatic carbocycles. The van der Waals surface area contributed by atoms with Crippen molar-refractivity contribution in [2.75, 3.05) is 19.6 Å². The Labute approximate surface area is 153 Å². The number of benzene rings is 1. The standard InChI is InChI=1S/C20H26N2O4/c1-13-8-14(2)10-16(9-13)18(24)22-7-3-4-15(11-22)17(23)21-12-20(5-6-20)19(25)26/h8-10,15H,3-7,11-12H2,1-2H3,(H,21,23)(H,25,26). The molecule has 1 heterocycles. The summed E-state index contributed by atoms with van der Waals surface area (Å²) < 4.78 is 0. The molecule has 0 radical (unpaired) electrons. The van der Waals surface area contributed by atoms with E-state index in [1.165, 1.54) is 0 Å². The second-order valence-electron chi connectivity index (χ2n) is 7.77. The molecule has 1 saturated carbocycles. The quantitative estimate of drug-likeness (QED) is 0.844. The highest BCUT2D eigenvalue weighted by Gasteiger charge is 2.50. The molecular weight excluding hydrogens is 332 g/mol. The van der Waals surface area contributed by atoms with Crippen molar-refractivity contribution < 1.29 is 19.5 Å². The summed E-state index contributed by atoms with van der Waals surface area (Å²) in [6.07, 6.45) is 2.73. The highest BCUT2D eigenvalue weighted by molar-refractivity contribution is 5.95. The molecule has 1 unspecified atom stereocenters. The largest absolute Gasteiger partial charge is 0.481 e. The summed E-state index contributed by atoms with van der Waals surface area (Å²) in [6.45, 7) is 5.15. The Bertz CT molecular complexity index is 719. The molecule has 2 aliphatic rings. The van der Waals surface area contributed by atoms with Gasteiger partial charge in [-0.3, -0.25) is 14.4 Å². The van der Waals surface area contributed by atoms with Crippen LogP contribution in [0.15, 0.2) is 18.2 Å². The van der Waals surface area contributed by atoms with Gasteiger partial charge < -0.3 is 15.3 Å². The van der Waals surface area contributed by atoms with E-state index in [-0.39, 0.29) is 24.3 Å². The summed E-state index contributed by atoms with van der Waals surface area (Å²) in [5.41, 5.74) is 1.98. The number of aliphatic carboxylic acids is 1. The number of carbonyl (C=O) groups excluding carboxylic acids is 2. The average Bonchev–Trinajstić information content (AvgIpc) is 3.39. The number of nitrogens with zero attached hydrogens (tertiary/aromatic N) is 1. The van der Waals surface area contributed by atoms with Crippen molar-refractivity contribution in [3.8, 4) is 0 Å². The zero-order valence-corrected chi connectivity index (χ0v) is 15.4. The minimum Gasteiger partial charge on any atom is -0.481 e. The topological polar surface area (TPSA) is 86.7 Å². The van der Waals surface area contributed by atoms with Crippen LogP contribution in [0, 0.1) is 25.2 Å². The minimum atomic E-state index is -0.840. The van der Waals surface area contributed by atoms with E-state index in [2.05, 4.69) is 5.32 Å². The van der Waals surface area contributed by atoms with Gasteiger partial charge >= 0.3 is 5.97 Å². The molecule has 1 saturated heterocycles. The fraction of sp³-hybridized carbons (Fsp3) is 0.550. The number of carboxylic acid groups (broad SMARTS) is 1. The number of rotatable bonds is 5. The molecule has 26 heavy (non-hydrogen) atoms. The summed E-state index contributed by atoms with van der Waals surface area (Å²) in [5, 5.41) is 12.0. The van der Waals surface area contributed by atoms with Crippen LogP contribution < -0.4 is 5.32 Å². The van der Waals surface area contributed by atoms with E-state index in [0.717, 1.165) is 24.0 Å². The summed E-state index contributed by atoms with van der Waals surface area (Å²) in [4.78, 5) is 38.2. The molecule has 1 aliphatic heterocycles. The third kappa shape index (κ3) is 3.89. The molecule has 0 aromatic heterocycles. The van der Waals surface area contributed by atoms with Gasteiger partial charge in [-0.15, -0.1) is 0 Å². The highest BCUT2D eigenvalue weighted by atomic mass is 16.4. The van der Waals surface area contributed by atoms with Crippen LogP contribution >= 0.6 is 0 Å². The summed E-state index contributed by atoms with van der Waals surface area (Å²) in [7, 11) is 0. The first-order chi connectivity index (χ1) is 12.3. The fourth-order valence-electron chi connectivity index (χ4n) is 3.67. The first kappa shape index (κ1) is 18.4. The van der Waals surface area contributed by atoms with Crippen molar-refractivity contribution in [1.29, 1.82) is 0 Å². The van der Waals surface area contributed by atoms with Crippen molar-refractivity contribution in [3.63, 3.8) is 0 Å². The summed E-state index contributed by atoms with van der Waals surface area (Å²) in [5.74, 6) is -1.30. The van der Waals surface area contributed by atoms with Crippen molar-refractivity contribution in [2.45, 2.75) is 39.5 Å². The van der Waals surface area contributed by atoms with Crippen molar-refractivity contribution >= 4 is 17.8 Å². The van der Waals surface area contributed by atoms with E-state index in [9.17, 15) is 19.5 Å². The van der Waals surface area contributed by atoms with Gasteiger partial charge in [-0.25, -0.2) is 0 Å².